The van der Waals surface area contributed by atoms with Gasteiger partial charge in [-0.05, 0) is 29.5 Å². The zero-order valence-electron chi connectivity index (χ0n) is 7.50. The normalized spacial score (nSPS) is 13.9. The highest BCUT2D eigenvalue weighted by Gasteiger charge is 2.22. The number of hydrogen-bond acceptors (Lipinski definition) is 4. The lowest BCUT2D eigenvalue weighted by molar-refractivity contribution is 0.948. The Hall–Kier alpha value is -0.0100. The van der Waals surface area contributed by atoms with E-state index in [9.17, 15) is 0 Å². The molecule has 2 aromatic rings. The van der Waals surface area contributed by atoms with E-state index in [1.165, 1.54) is 26.1 Å². The molecule has 0 amide bonds. The molecule has 0 unspecified atom stereocenters. The van der Waals surface area contributed by atoms with E-state index in [1.807, 2.05) is 22.7 Å². The van der Waals surface area contributed by atoms with Crippen molar-refractivity contribution < 1.29 is 0 Å². The number of halogens is 1. The number of hydrogen-bond donors (Lipinski definition) is 0. The second kappa shape index (κ2) is 3.24. The summed E-state index contributed by atoms with van der Waals surface area (Å²) in [7, 11) is 0. The van der Waals surface area contributed by atoms with Gasteiger partial charge in [0.25, 0.3) is 0 Å². The van der Waals surface area contributed by atoms with Crippen molar-refractivity contribution in [2.45, 2.75) is 19.8 Å². The summed E-state index contributed by atoms with van der Waals surface area (Å²) < 4.78 is 1.15. The van der Waals surface area contributed by atoms with Gasteiger partial charge in [-0.15, -0.1) is 22.7 Å². The average Bonchev–Trinajstić information content (AvgIpc) is 2.59. The quantitative estimate of drug-likeness (QED) is 0.591. The minimum absolute atomic E-state index is 0.939. The molecule has 14 heavy (non-hydrogen) atoms. The van der Waals surface area contributed by atoms with Crippen LogP contribution >= 0.6 is 45.3 Å². The van der Waals surface area contributed by atoms with Gasteiger partial charge in [-0.3, -0.25) is 0 Å². The smallest absolute Gasteiger partial charge is 0.154 e. The Labute approximate surface area is 104 Å². The molecule has 1 aliphatic rings. The van der Waals surface area contributed by atoms with Gasteiger partial charge in [-0.25, -0.2) is 9.97 Å². The summed E-state index contributed by atoms with van der Waals surface area (Å²) >= 11 is 5.94. The van der Waals surface area contributed by atoms with Crippen LogP contribution in [-0.4, -0.2) is 9.97 Å². The van der Waals surface area contributed by atoms with Gasteiger partial charge in [0.2, 0.25) is 0 Å². The first-order valence-electron chi connectivity index (χ1n) is 4.31. The molecule has 0 aromatic carbocycles. The zero-order chi connectivity index (χ0) is 9.71. The highest BCUT2D eigenvalue weighted by molar-refractivity contribution is 14.1. The van der Waals surface area contributed by atoms with Gasteiger partial charge in [-0.2, -0.15) is 0 Å². The maximum absolute atomic E-state index is 4.54. The molecule has 2 aromatic heterocycles. The van der Waals surface area contributed by atoms with E-state index >= 15 is 0 Å². The van der Waals surface area contributed by atoms with Crippen molar-refractivity contribution in [1.82, 2.24) is 9.97 Å². The van der Waals surface area contributed by atoms with E-state index in [2.05, 4.69) is 39.5 Å². The standard InChI is InChI=1S/C9H7IN2S2/c1-4-11-5-2-6-8(3-7(5)13-4)14-9(10)12-6/h2-3H2,1H3. The number of nitrogens with zero attached hydrogens (tertiary/aromatic N) is 2. The summed E-state index contributed by atoms with van der Waals surface area (Å²) in [5.74, 6) is 0. The van der Waals surface area contributed by atoms with Gasteiger partial charge in [0.05, 0.1) is 16.4 Å². The lowest BCUT2D eigenvalue weighted by atomic mass is 10.1. The van der Waals surface area contributed by atoms with Gasteiger partial charge >= 0.3 is 0 Å². The molecule has 0 saturated carbocycles. The van der Waals surface area contributed by atoms with Crippen molar-refractivity contribution in [1.29, 1.82) is 0 Å². The zero-order valence-corrected chi connectivity index (χ0v) is 11.3. The number of aryl methyl sites for hydroxylation is 1. The Morgan fingerprint density at radius 3 is 2.64 bits per heavy atom. The third kappa shape index (κ3) is 1.42. The van der Waals surface area contributed by atoms with E-state index in [1.54, 1.807) is 0 Å². The third-order valence-electron chi connectivity index (χ3n) is 2.29. The Morgan fingerprint density at radius 2 is 1.79 bits per heavy atom. The van der Waals surface area contributed by atoms with Crippen LogP contribution in [0.3, 0.4) is 0 Å². The molecule has 5 heteroatoms. The lowest BCUT2D eigenvalue weighted by Crippen LogP contribution is -2.03. The number of rotatable bonds is 0. The van der Waals surface area contributed by atoms with Gasteiger partial charge in [0.15, 0.2) is 3.01 Å². The molecule has 0 aliphatic heterocycles. The highest BCUT2D eigenvalue weighted by Crippen LogP contribution is 2.33. The molecule has 0 radical (unpaired) electrons. The predicted molar refractivity (Wildman–Crippen MR) is 67.3 cm³/mol. The number of fused-ring (bicyclic) bond motifs is 2. The van der Waals surface area contributed by atoms with Crippen LogP contribution in [0.5, 0.6) is 0 Å². The SMILES string of the molecule is Cc1nc2c(s1)Cc1sc(I)nc1C2. The Balaban J connectivity index is 2.10. The second-order valence-electron chi connectivity index (χ2n) is 3.29. The summed E-state index contributed by atoms with van der Waals surface area (Å²) in [6, 6.07) is 0. The largest absolute Gasteiger partial charge is 0.246 e. The molecule has 1 aliphatic carbocycles. The maximum atomic E-state index is 4.54. The predicted octanol–water partition coefficient (Wildman–Crippen LogP) is 3.01. The first-order chi connectivity index (χ1) is 6.72. The number of thiazole rings is 2. The van der Waals surface area contributed by atoms with Gasteiger partial charge < -0.3 is 0 Å². The van der Waals surface area contributed by atoms with Crippen molar-refractivity contribution in [3.05, 3.63) is 29.2 Å². The summed E-state index contributed by atoms with van der Waals surface area (Å²) in [4.78, 5) is 11.9. The van der Waals surface area contributed by atoms with E-state index in [0.717, 1.165) is 15.9 Å². The highest BCUT2D eigenvalue weighted by atomic mass is 127. The summed E-state index contributed by atoms with van der Waals surface area (Å²) in [5, 5.41) is 1.18. The third-order valence-corrected chi connectivity index (χ3v) is 5.09. The fourth-order valence-electron chi connectivity index (χ4n) is 1.72. The van der Waals surface area contributed by atoms with E-state index in [4.69, 9.17) is 0 Å². The van der Waals surface area contributed by atoms with Gasteiger partial charge in [0, 0.05) is 22.6 Å². The molecular weight excluding hydrogens is 327 g/mol. The Kier molecular flexibility index (Phi) is 2.14. The van der Waals surface area contributed by atoms with E-state index in [0.29, 0.717) is 0 Å². The molecule has 3 rings (SSSR count). The molecule has 0 fully saturated rings. The van der Waals surface area contributed by atoms with Crippen LogP contribution in [0.1, 0.15) is 26.1 Å². The first kappa shape index (κ1) is 9.23. The van der Waals surface area contributed by atoms with Crippen molar-refractivity contribution in [2.75, 3.05) is 0 Å². The van der Waals surface area contributed by atoms with Gasteiger partial charge in [0.1, 0.15) is 0 Å². The number of aromatic nitrogens is 2. The topological polar surface area (TPSA) is 25.8 Å². The Morgan fingerprint density at radius 1 is 1.07 bits per heavy atom. The second-order valence-corrected chi connectivity index (χ2v) is 7.42. The summed E-state index contributed by atoms with van der Waals surface area (Å²) in [6.07, 6.45) is 1.99. The van der Waals surface area contributed by atoms with Crippen molar-refractivity contribution in [2.24, 2.45) is 0 Å². The van der Waals surface area contributed by atoms with Crippen LogP contribution in [0.2, 0.25) is 0 Å². The lowest BCUT2D eigenvalue weighted by Gasteiger charge is -2.07. The monoisotopic (exact) mass is 334 g/mol. The van der Waals surface area contributed by atoms with Crippen molar-refractivity contribution in [3.8, 4) is 0 Å². The van der Waals surface area contributed by atoms with Crippen molar-refractivity contribution >= 4 is 45.3 Å². The molecular formula is C9H7IN2S2. The molecule has 0 spiro atoms. The Bertz CT molecular complexity index is 416. The molecule has 0 atom stereocenters. The molecule has 0 bridgehead atoms. The van der Waals surface area contributed by atoms with Gasteiger partial charge in [-0.1, -0.05) is 0 Å². The minimum atomic E-state index is 0.939. The molecule has 2 heterocycles. The first-order valence-corrected chi connectivity index (χ1v) is 7.03. The molecule has 2 nitrogen and oxygen atoms in total. The summed E-state index contributed by atoms with van der Waals surface area (Å²) in [5.41, 5.74) is 2.50. The van der Waals surface area contributed by atoms with Crippen LogP contribution in [0, 0.1) is 9.94 Å². The fourth-order valence-corrected chi connectivity index (χ4v) is 4.68. The van der Waals surface area contributed by atoms with Crippen LogP contribution in [0.15, 0.2) is 0 Å². The van der Waals surface area contributed by atoms with Crippen LogP contribution in [0.25, 0.3) is 0 Å². The van der Waals surface area contributed by atoms with Crippen molar-refractivity contribution in [3.63, 3.8) is 0 Å². The van der Waals surface area contributed by atoms with Crippen LogP contribution in [0.4, 0.5) is 0 Å². The fraction of sp³-hybridized carbons (Fsp3) is 0.333. The summed E-state index contributed by atoms with van der Waals surface area (Å²) in [6.45, 7) is 2.08. The molecule has 0 saturated heterocycles. The van der Waals surface area contributed by atoms with Crippen LogP contribution in [-0.2, 0) is 12.8 Å². The van der Waals surface area contributed by atoms with E-state index < -0.39 is 0 Å². The maximum Gasteiger partial charge on any atom is 0.154 e. The van der Waals surface area contributed by atoms with E-state index in [-0.39, 0.29) is 0 Å². The molecule has 72 valence electrons. The average molecular weight is 334 g/mol. The molecule has 0 N–H and O–H groups in total. The van der Waals surface area contributed by atoms with Crippen LogP contribution < -0.4 is 0 Å². The minimum Gasteiger partial charge on any atom is -0.246 e.